The Balaban J connectivity index is 1.09. The summed E-state index contributed by atoms with van der Waals surface area (Å²) < 4.78 is 23.0. The van der Waals surface area contributed by atoms with E-state index in [1.807, 2.05) is 48.5 Å². The van der Waals surface area contributed by atoms with Crippen molar-refractivity contribution in [2.45, 2.75) is 12.2 Å². The molecule has 2 aliphatic rings. The molecule has 8 nitrogen and oxygen atoms in total. The van der Waals surface area contributed by atoms with E-state index >= 15 is 0 Å². The molecule has 0 aromatic heterocycles. The highest BCUT2D eigenvalue weighted by Gasteiger charge is 2.22. The molecule has 0 aliphatic carbocycles. The lowest BCUT2D eigenvalue weighted by molar-refractivity contribution is 0.0784. The Labute approximate surface area is 196 Å². The van der Waals surface area contributed by atoms with Crippen LogP contribution in [0.5, 0.6) is 23.0 Å². The van der Waals surface area contributed by atoms with Crippen LogP contribution in [-0.4, -0.2) is 50.3 Å². The standard InChI is InChI=1S/C26H24N2O6/c29-25(27-13-19-15-31-21-5-1-3-7-23(21)33-19)17-9-11-18(12-10-17)26(30)28-14-20-16-32-22-6-2-4-8-24(22)34-20/h1-12,19-20H,13-16H2,(H,27,29)(H,28,30)/t19-,20-/m1/s1. The number of ether oxygens (including phenoxy) is 4. The summed E-state index contributed by atoms with van der Waals surface area (Å²) >= 11 is 0. The predicted molar refractivity (Wildman–Crippen MR) is 124 cm³/mol. The molecule has 0 saturated heterocycles. The first-order valence-corrected chi connectivity index (χ1v) is 11.1. The van der Waals surface area contributed by atoms with Gasteiger partial charge in [-0.25, -0.2) is 0 Å². The number of hydrogen-bond acceptors (Lipinski definition) is 6. The molecule has 2 atom stereocenters. The number of hydrogen-bond donors (Lipinski definition) is 2. The lowest BCUT2D eigenvalue weighted by Gasteiger charge is -2.26. The molecule has 2 aliphatic heterocycles. The fraction of sp³-hybridized carbons (Fsp3) is 0.231. The molecule has 0 unspecified atom stereocenters. The first-order chi connectivity index (χ1) is 16.7. The smallest absolute Gasteiger partial charge is 0.251 e. The predicted octanol–water partition coefficient (Wildman–Crippen LogP) is 2.83. The Morgan fingerprint density at radius 2 is 1.00 bits per heavy atom. The summed E-state index contributed by atoms with van der Waals surface area (Å²) in [7, 11) is 0. The topological polar surface area (TPSA) is 95.1 Å². The van der Waals surface area contributed by atoms with Crippen molar-refractivity contribution < 1.29 is 28.5 Å². The van der Waals surface area contributed by atoms with Gasteiger partial charge >= 0.3 is 0 Å². The molecule has 0 bridgehead atoms. The molecular weight excluding hydrogens is 436 g/mol. The number of fused-ring (bicyclic) bond motifs is 2. The fourth-order valence-corrected chi connectivity index (χ4v) is 3.72. The quantitative estimate of drug-likeness (QED) is 0.588. The average molecular weight is 460 g/mol. The van der Waals surface area contributed by atoms with Crippen LogP contribution in [0.1, 0.15) is 20.7 Å². The van der Waals surface area contributed by atoms with Gasteiger partial charge in [0, 0.05) is 11.1 Å². The molecule has 0 saturated carbocycles. The van der Waals surface area contributed by atoms with Crippen LogP contribution in [0.15, 0.2) is 72.8 Å². The first kappa shape index (κ1) is 21.6. The molecule has 0 spiro atoms. The van der Waals surface area contributed by atoms with Crippen LogP contribution in [0.25, 0.3) is 0 Å². The van der Waals surface area contributed by atoms with Gasteiger partial charge in [0.2, 0.25) is 0 Å². The van der Waals surface area contributed by atoms with Crippen molar-refractivity contribution >= 4 is 11.8 Å². The lowest BCUT2D eigenvalue weighted by Crippen LogP contribution is -2.41. The van der Waals surface area contributed by atoms with E-state index in [0.717, 1.165) is 0 Å². The van der Waals surface area contributed by atoms with Gasteiger partial charge in [0.05, 0.1) is 13.1 Å². The van der Waals surface area contributed by atoms with E-state index < -0.39 is 0 Å². The van der Waals surface area contributed by atoms with Gasteiger partial charge in [-0.05, 0) is 48.5 Å². The molecule has 2 amide bonds. The number of rotatable bonds is 6. The van der Waals surface area contributed by atoms with E-state index in [0.29, 0.717) is 60.4 Å². The fourth-order valence-electron chi connectivity index (χ4n) is 3.72. The van der Waals surface area contributed by atoms with Crippen molar-refractivity contribution in [2.24, 2.45) is 0 Å². The Kier molecular flexibility index (Phi) is 6.20. The van der Waals surface area contributed by atoms with Crippen LogP contribution in [0.3, 0.4) is 0 Å². The van der Waals surface area contributed by atoms with Gasteiger partial charge in [-0.3, -0.25) is 9.59 Å². The highest BCUT2D eigenvalue weighted by atomic mass is 16.6. The average Bonchev–Trinajstić information content (AvgIpc) is 2.90. The van der Waals surface area contributed by atoms with Gasteiger partial charge in [-0.1, -0.05) is 24.3 Å². The second-order valence-electron chi connectivity index (χ2n) is 7.99. The largest absolute Gasteiger partial charge is 0.486 e. The summed E-state index contributed by atoms with van der Waals surface area (Å²) in [4.78, 5) is 25.0. The summed E-state index contributed by atoms with van der Waals surface area (Å²) in [6.45, 7) is 1.33. The van der Waals surface area contributed by atoms with Gasteiger partial charge in [0.15, 0.2) is 23.0 Å². The third-order valence-electron chi connectivity index (χ3n) is 5.52. The molecule has 8 heteroatoms. The van der Waals surface area contributed by atoms with Gasteiger partial charge < -0.3 is 29.6 Å². The summed E-state index contributed by atoms with van der Waals surface area (Å²) in [5, 5.41) is 5.70. The van der Waals surface area contributed by atoms with Crippen molar-refractivity contribution in [3.05, 3.63) is 83.9 Å². The molecule has 3 aromatic rings. The van der Waals surface area contributed by atoms with E-state index in [9.17, 15) is 9.59 Å². The van der Waals surface area contributed by atoms with Crippen LogP contribution >= 0.6 is 0 Å². The molecule has 2 heterocycles. The van der Waals surface area contributed by atoms with Gasteiger partial charge in [-0.15, -0.1) is 0 Å². The maximum Gasteiger partial charge on any atom is 0.251 e. The van der Waals surface area contributed by atoms with E-state index in [2.05, 4.69) is 10.6 Å². The van der Waals surface area contributed by atoms with E-state index in [-0.39, 0.29) is 24.0 Å². The minimum Gasteiger partial charge on any atom is -0.486 e. The number of amides is 2. The molecule has 0 radical (unpaired) electrons. The van der Waals surface area contributed by atoms with Crippen molar-refractivity contribution in [3.63, 3.8) is 0 Å². The van der Waals surface area contributed by atoms with Crippen LogP contribution in [-0.2, 0) is 0 Å². The molecule has 34 heavy (non-hydrogen) atoms. The maximum atomic E-state index is 12.5. The Morgan fingerprint density at radius 1 is 0.618 bits per heavy atom. The second-order valence-corrected chi connectivity index (χ2v) is 7.99. The Bertz CT molecular complexity index is 1090. The zero-order valence-corrected chi connectivity index (χ0v) is 18.4. The highest BCUT2D eigenvalue weighted by Crippen LogP contribution is 2.31. The van der Waals surface area contributed by atoms with Crippen LogP contribution in [0.2, 0.25) is 0 Å². The lowest BCUT2D eigenvalue weighted by atomic mass is 10.1. The van der Waals surface area contributed by atoms with Crippen LogP contribution < -0.4 is 29.6 Å². The summed E-state index contributed by atoms with van der Waals surface area (Å²) in [6.07, 6.45) is -0.552. The normalized spacial score (nSPS) is 18.0. The van der Waals surface area contributed by atoms with Crippen molar-refractivity contribution in [2.75, 3.05) is 26.3 Å². The number of carbonyl (C=O) groups is 2. The van der Waals surface area contributed by atoms with Crippen LogP contribution in [0.4, 0.5) is 0 Å². The molecule has 174 valence electrons. The maximum absolute atomic E-state index is 12.5. The van der Waals surface area contributed by atoms with Crippen molar-refractivity contribution in [3.8, 4) is 23.0 Å². The molecular formula is C26H24N2O6. The van der Waals surface area contributed by atoms with E-state index in [1.54, 1.807) is 24.3 Å². The molecule has 3 aromatic carbocycles. The van der Waals surface area contributed by atoms with Crippen molar-refractivity contribution in [1.82, 2.24) is 10.6 Å². The SMILES string of the molecule is O=C(NC[C@@H]1COc2ccccc2O1)c1ccc(C(=O)NC[C@@H]2COc3ccccc3O2)cc1. The highest BCUT2D eigenvalue weighted by molar-refractivity contribution is 5.97. The zero-order chi connectivity index (χ0) is 23.3. The Hall–Kier alpha value is -4.20. The molecule has 5 rings (SSSR count). The van der Waals surface area contributed by atoms with Crippen LogP contribution in [0, 0.1) is 0 Å². The monoisotopic (exact) mass is 460 g/mol. The summed E-state index contributed by atoms with van der Waals surface area (Å²) in [5.41, 5.74) is 0.906. The minimum atomic E-state index is -0.276. The van der Waals surface area contributed by atoms with Crippen molar-refractivity contribution in [1.29, 1.82) is 0 Å². The summed E-state index contributed by atoms with van der Waals surface area (Å²) in [5.74, 6) is 2.23. The van der Waals surface area contributed by atoms with Gasteiger partial charge in [0.25, 0.3) is 11.8 Å². The third kappa shape index (κ3) is 4.91. The van der Waals surface area contributed by atoms with E-state index in [4.69, 9.17) is 18.9 Å². The number of benzene rings is 3. The number of nitrogens with one attached hydrogen (secondary N) is 2. The van der Waals surface area contributed by atoms with Gasteiger partial charge in [0.1, 0.15) is 25.4 Å². The zero-order valence-electron chi connectivity index (χ0n) is 18.4. The first-order valence-electron chi connectivity index (χ1n) is 11.1. The van der Waals surface area contributed by atoms with E-state index in [1.165, 1.54) is 0 Å². The third-order valence-corrected chi connectivity index (χ3v) is 5.52. The molecule has 0 fully saturated rings. The summed E-state index contributed by atoms with van der Waals surface area (Å²) in [6, 6.07) is 21.3. The minimum absolute atomic E-state index is 0.249. The second kappa shape index (κ2) is 9.74. The number of para-hydroxylation sites is 4. The number of carbonyl (C=O) groups excluding carboxylic acids is 2. The molecule has 2 N–H and O–H groups in total. The Morgan fingerprint density at radius 3 is 1.41 bits per heavy atom. The van der Waals surface area contributed by atoms with Gasteiger partial charge in [-0.2, -0.15) is 0 Å².